The number of rotatable bonds is 5. The van der Waals surface area contributed by atoms with E-state index < -0.39 is 0 Å². The molecule has 102 valence electrons. The van der Waals surface area contributed by atoms with Gasteiger partial charge in [-0.1, -0.05) is 53.2 Å². The predicted molar refractivity (Wildman–Crippen MR) is 84.6 cm³/mol. The molecule has 1 aromatic heterocycles. The number of aromatic nitrogens is 2. The summed E-state index contributed by atoms with van der Waals surface area (Å²) in [6, 6.07) is 8.55. The number of halogens is 1. The Kier molecular flexibility index (Phi) is 4.93. The van der Waals surface area contributed by atoms with E-state index in [2.05, 4.69) is 76.5 Å². The van der Waals surface area contributed by atoms with Crippen molar-refractivity contribution in [3.8, 4) is 0 Å². The summed E-state index contributed by atoms with van der Waals surface area (Å²) in [5.41, 5.74) is 1.24. The van der Waals surface area contributed by atoms with E-state index in [0.29, 0.717) is 5.92 Å². The molecule has 1 aromatic carbocycles. The Morgan fingerprint density at radius 1 is 1.16 bits per heavy atom. The molecule has 1 unspecified atom stereocenters. The molecule has 2 rings (SSSR count). The summed E-state index contributed by atoms with van der Waals surface area (Å²) in [5.74, 6) is 0.615. The van der Waals surface area contributed by atoms with Crippen LogP contribution in [0.4, 0.5) is 5.13 Å². The number of nitrogens with one attached hydrogen (secondary N) is 1. The fourth-order valence-corrected chi connectivity index (χ4v) is 3.07. The Hall–Kier alpha value is -0.940. The zero-order valence-electron chi connectivity index (χ0n) is 11.4. The molecule has 1 heterocycles. The predicted octanol–water partition coefficient (Wildman–Crippen LogP) is 4.67. The average Bonchev–Trinajstić information content (AvgIpc) is 2.76. The van der Waals surface area contributed by atoms with Crippen LogP contribution in [0.1, 0.15) is 37.4 Å². The maximum atomic E-state index is 4.22. The molecule has 0 aliphatic heterocycles. The fourth-order valence-electron chi connectivity index (χ4n) is 1.76. The molecule has 0 saturated carbocycles. The Labute approximate surface area is 126 Å². The van der Waals surface area contributed by atoms with Crippen molar-refractivity contribution < 1.29 is 0 Å². The highest BCUT2D eigenvalue weighted by atomic mass is 79.9. The first kappa shape index (κ1) is 14.5. The van der Waals surface area contributed by atoms with Crippen molar-refractivity contribution in [3.63, 3.8) is 0 Å². The van der Waals surface area contributed by atoms with Crippen LogP contribution in [0.25, 0.3) is 0 Å². The van der Waals surface area contributed by atoms with E-state index in [1.54, 1.807) is 11.3 Å². The van der Waals surface area contributed by atoms with E-state index in [1.807, 2.05) is 0 Å². The Balaban J connectivity index is 2.00. The molecule has 0 aliphatic carbocycles. The molecule has 0 aliphatic rings. The van der Waals surface area contributed by atoms with Crippen molar-refractivity contribution in [2.45, 2.75) is 33.2 Å². The first-order chi connectivity index (χ1) is 9.04. The standard InChI is InChI=1S/C14H18BrN3S/c1-9(2)8-13-17-18-14(19-13)16-10(3)11-4-6-12(15)7-5-11/h4-7,9-10H,8H2,1-3H3,(H,16,18). The van der Waals surface area contributed by atoms with Crippen LogP contribution in [0.15, 0.2) is 28.7 Å². The van der Waals surface area contributed by atoms with Gasteiger partial charge in [0.15, 0.2) is 0 Å². The minimum absolute atomic E-state index is 0.230. The largest absolute Gasteiger partial charge is 0.354 e. The van der Waals surface area contributed by atoms with Gasteiger partial charge in [-0.2, -0.15) is 0 Å². The highest BCUT2D eigenvalue weighted by molar-refractivity contribution is 9.10. The second-order valence-corrected chi connectivity index (χ2v) is 6.99. The van der Waals surface area contributed by atoms with Gasteiger partial charge in [-0.25, -0.2) is 0 Å². The number of nitrogens with zero attached hydrogens (tertiary/aromatic N) is 2. The topological polar surface area (TPSA) is 37.8 Å². The molecule has 1 atom stereocenters. The first-order valence-corrected chi connectivity index (χ1v) is 8.00. The molecular formula is C14H18BrN3S. The SMILES string of the molecule is CC(C)Cc1nnc(NC(C)c2ccc(Br)cc2)s1. The van der Waals surface area contributed by atoms with Crippen LogP contribution in [0, 0.1) is 5.92 Å². The highest BCUT2D eigenvalue weighted by Crippen LogP contribution is 2.24. The Morgan fingerprint density at radius 2 is 1.84 bits per heavy atom. The number of hydrogen-bond donors (Lipinski definition) is 1. The lowest BCUT2D eigenvalue weighted by molar-refractivity contribution is 0.640. The van der Waals surface area contributed by atoms with Crippen LogP contribution in [0.5, 0.6) is 0 Å². The normalized spacial score (nSPS) is 12.7. The van der Waals surface area contributed by atoms with Crippen molar-refractivity contribution >= 4 is 32.4 Å². The number of hydrogen-bond acceptors (Lipinski definition) is 4. The van der Waals surface area contributed by atoms with Crippen LogP contribution in [0.2, 0.25) is 0 Å². The van der Waals surface area contributed by atoms with Crippen LogP contribution >= 0.6 is 27.3 Å². The summed E-state index contributed by atoms with van der Waals surface area (Å²) in [5, 5.41) is 13.8. The third-order valence-corrected chi connectivity index (χ3v) is 4.17. The monoisotopic (exact) mass is 339 g/mol. The maximum absolute atomic E-state index is 4.22. The zero-order chi connectivity index (χ0) is 13.8. The zero-order valence-corrected chi connectivity index (χ0v) is 13.8. The third kappa shape index (κ3) is 4.28. The van der Waals surface area contributed by atoms with Gasteiger partial charge in [-0.3, -0.25) is 0 Å². The molecule has 19 heavy (non-hydrogen) atoms. The molecule has 1 N–H and O–H groups in total. The summed E-state index contributed by atoms with van der Waals surface area (Å²) < 4.78 is 1.10. The lowest BCUT2D eigenvalue weighted by Crippen LogP contribution is -2.05. The molecule has 5 heteroatoms. The minimum Gasteiger partial charge on any atom is -0.354 e. The van der Waals surface area contributed by atoms with Gasteiger partial charge in [0.25, 0.3) is 0 Å². The molecule has 3 nitrogen and oxygen atoms in total. The van der Waals surface area contributed by atoms with Crippen LogP contribution < -0.4 is 5.32 Å². The third-order valence-electron chi connectivity index (χ3n) is 2.76. The van der Waals surface area contributed by atoms with Crippen LogP contribution in [0.3, 0.4) is 0 Å². The summed E-state index contributed by atoms with van der Waals surface area (Å²) in [6.07, 6.45) is 0.992. The van der Waals surface area contributed by atoms with E-state index in [0.717, 1.165) is 21.0 Å². The summed E-state index contributed by atoms with van der Waals surface area (Å²) in [7, 11) is 0. The minimum atomic E-state index is 0.230. The molecule has 0 fully saturated rings. The van der Waals surface area contributed by atoms with E-state index in [4.69, 9.17) is 0 Å². The van der Waals surface area contributed by atoms with Crippen LogP contribution in [-0.2, 0) is 6.42 Å². The van der Waals surface area contributed by atoms with Gasteiger partial charge >= 0.3 is 0 Å². The van der Waals surface area contributed by atoms with Crippen molar-refractivity contribution in [1.82, 2.24) is 10.2 Å². The summed E-state index contributed by atoms with van der Waals surface area (Å²) >= 11 is 5.09. The van der Waals surface area contributed by atoms with Crippen LogP contribution in [-0.4, -0.2) is 10.2 Å². The molecule has 0 bridgehead atoms. The second-order valence-electron chi connectivity index (χ2n) is 5.02. The first-order valence-electron chi connectivity index (χ1n) is 6.39. The number of benzene rings is 1. The fraction of sp³-hybridized carbons (Fsp3) is 0.429. The van der Waals surface area contributed by atoms with Gasteiger partial charge in [0, 0.05) is 10.9 Å². The summed E-state index contributed by atoms with van der Waals surface area (Å²) in [6.45, 7) is 6.52. The van der Waals surface area contributed by atoms with E-state index in [-0.39, 0.29) is 6.04 Å². The quantitative estimate of drug-likeness (QED) is 0.859. The highest BCUT2D eigenvalue weighted by Gasteiger charge is 2.10. The van der Waals surface area contributed by atoms with Gasteiger partial charge in [0.1, 0.15) is 5.01 Å². The van der Waals surface area contributed by atoms with Gasteiger partial charge in [-0.05, 0) is 30.5 Å². The van der Waals surface area contributed by atoms with Crippen molar-refractivity contribution in [2.24, 2.45) is 5.92 Å². The van der Waals surface area contributed by atoms with Gasteiger partial charge in [0.05, 0.1) is 6.04 Å². The van der Waals surface area contributed by atoms with Crippen molar-refractivity contribution in [3.05, 3.63) is 39.3 Å². The molecular weight excluding hydrogens is 322 g/mol. The van der Waals surface area contributed by atoms with E-state index in [1.165, 1.54) is 5.56 Å². The van der Waals surface area contributed by atoms with Gasteiger partial charge < -0.3 is 5.32 Å². The molecule has 0 amide bonds. The van der Waals surface area contributed by atoms with E-state index in [9.17, 15) is 0 Å². The summed E-state index contributed by atoms with van der Waals surface area (Å²) in [4.78, 5) is 0. The Morgan fingerprint density at radius 3 is 2.47 bits per heavy atom. The van der Waals surface area contributed by atoms with Gasteiger partial charge in [0.2, 0.25) is 5.13 Å². The van der Waals surface area contributed by atoms with Gasteiger partial charge in [-0.15, -0.1) is 10.2 Å². The average molecular weight is 340 g/mol. The smallest absolute Gasteiger partial charge is 0.206 e. The molecule has 0 radical (unpaired) electrons. The molecule has 0 spiro atoms. The number of anilines is 1. The lowest BCUT2D eigenvalue weighted by atomic mass is 10.1. The Bertz CT molecular complexity index is 522. The van der Waals surface area contributed by atoms with Crippen molar-refractivity contribution in [2.75, 3.05) is 5.32 Å². The molecule has 0 saturated heterocycles. The second kappa shape index (κ2) is 6.48. The van der Waals surface area contributed by atoms with E-state index >= 15 is 0 Å². The molecule has 2 aromatic rings. The van der Waals surface area contributed by atoms with Crippen molar-refractivity contribution in [1.29, 1.82) is 0 Å². The lowest BCUT2D eigenvalue weighted by Gasteiger charge is -2.12. The maximum Gasteiger partial charge on any atom is 0.206 e.